The topological polar surface area (TPSA) is 95.3 Å². The third kappa shape index (κ3) is 3.65. The second-order valence-electron chi connectivity index (χ2n) is 6.10. The molecule has 0 spiro atoms. The lowest BCUT2D eigenvalue weighted by atomic mass is 9.92. The number of anilines is 1. The van der Waals surface area contributed by atoms with Crippen molar-refractivity contribution < 1.29 is 9.90 Å². The SMILES string of the molecule is CN(C[C@]1(O)CCCN(c2cnccn2)C1)C(=O)c1cncnc1. The Morgan fingerprint density at radius 2 is 2.08 bits per heavy atom. The van der Waals surface area contributed by atoms with Gasteiger partial charge < -0.3 is 14.9 Å². The lowest BCUT2D eigenvalue weighted by molar-refractivity contribution is -0.000169. The van der Waals surface area contributed by atoms with E-state index in [1.54, 1.807) is 25.6 Å². The van der Waals surface area contributed by atoms with E-state index >= 15 is 0 Å². The van der Waals surface area contributed by atoms with Crippen molar-refractivity contribution in [1.29, 1.82) is 0 Å². The fraction of sp³-hybridized carbons (Fsp3) is 0.438. The number of aliphatic hydroxyl groups is 1. The lowest BCUT2D eigenvalue weighted by Gasteiger charge is -2.41. The average molecular weight is 328 g/mol. The highest BCUT2D eigenvalue weighted by Gasteiger charge is 2.36. The van der Waals surface area contributed by atoms with Gasteiger partial charge in [-0.05, 0) is 12.8 Å². The maximum atomic E-state index is 12.4. The van der Waals surface area contributed by atoms with Crippen LogP contribution >= 0.6 is 0 Å². The maximum absolute atomic E-state index is 12.4. The first-order valence-electron chi connectivity index (χ1n) is 7.81. The van der Waals surface area contributed by atoms with Crippen LogP contribution in [0.4, 0.5) is 5.82 Å². The van der Waals surface area contributed by atoms with E-state index in [1.165, 1.54) is 23.6 Å². The molecular weight excluding hydrogens is 308 g/mol. The summed E-state index contributed by atoms with van der Waals surface area (Å²) in [5.41, 5.74) is -0.583. The van der Waals surface area contributed by atoms with Crippen LogP contribution in [0.5, 0.6) is 0 Å². The van der Waals surface area contributed by atoms with Crippen molar-refractivity contribution in [1.82, 2.24) is 24.8 Å². The Bertz CT molecular complexity index is 683. The number of amides is 1. The third-order valence-corrected chi connectivity index (χ3v) is 4.11. The van der Waals surface area contributed by atoms with Crippen molar-refractivity contribution in [2.45, 2.75) is 18.4 Å². The standard InChI is InChI=1S/C16H20N6O2/c1-21(15(23)13-7-18-12-19-8-13)10-16(24)3-2-6-22(11-16)14-9-17-4-5-20-14/h4-5,7-9,12,24H,2-3,6,10-11H2,1H3/t16-/m1/s1. The average Bonchev–Trinajstić information content (AvgIpc) is 2.62. The quantitative estimate of drug-likeness (QED) is 0.866. The molecule has 0 bridgehead atoms. The number of nitrogens with zero attached hydrogens (tertiary/aromatic N) is 6. The van der Waals surface area contributed by atoms with Crippen molar-refractivity contribution >= 4 is 11.7 Å². The zero-order valence-corrected chi connectivity index (χ0v) is 13.5. The van der Waals surface area contributed by atoms with Gasteiger partial charge in [-0.25, -0.2) is 15.0 Å². The second-order valence-corrected chi connectivity index (χ2v) is 6.10. The smallest absolute Gasteiger partial charge is 0.256 e. The van der Waals surface area contributed by atoms with Crippen molar-refractivity contribution in [3.05, 3.63) is 42.9 Å². The van der Waals surface area contributed by atoms with Crippen LogP contribution < -0.4 is 4.90 Å². The van der Waals surface area contributed by atoms with Crippen LogP contribution in [0.25, 0.3) is 0 Å². The van der Waals surface area contributed by atoms with E-state index in [-0.39, 0.29) is 12.5 Å². The van der Waals surface area contributed by atoms with E-state index in [9.17, 15) is 9.90 Å². The molecule has 2 aromatic rings. The molecule has 1 aliphatic rings. The molecule has 0 unspecified atom stereocenters. The molecule has 1 atom stereocenters. The first-order chi connectivity index (χ1) is 11.6. The van der Waals surface area contributed by atoms with Gasteiger partial charge in [0.15, 0.2) is 0 Å². The summed E-state index contributed by atoms with van der Waals surface area (Å²) < 4.78 is 0. The molecule has 1 fully saturated rings. The van der Waals surface area contributed by atoms with Crippen molar-refractivity contribution in [2.24, 2.45) is 0 Å². The minimum Gasteiger partial charge on any atom is -0.386 e. The minimum absolute atomic E-state index is 0.208. The molecule has 1 saturated heterocycles. The summed E-state index contributed by atoms with van der Waals surface area (Å²) in [5.74, 6) is 0.529. The number of carbonyl (C=O) groups excluding carboxylic acids is 1. The summed E-state index contributed by atoms with van der Waals surface area (Å²) in [5, 5.41) is 11.0. The third-order valence-electron chi connectivity index (χ3n) is 4.11. The van der Waals surface area contributed by atoms with Crippen LogP contribution in [0, 0.1) is 0 Å². The Morgan fingerprint density at radius 3 is 2.79 bits per heavy atom. The lowest BCUT2D eigenvalue weighted by Crippen LogP contribution is -2.54. The van der Waals surface area contributed by atoms with Gasteiger partial charge in [-0.2, -0.15) is 0 Å². The molecule has 2 aromatic heterocycles. The fourth-order valence-electron chi connectivity index (χ4n) is 3.03. The molecule has 24 heavy (non-hydrogen) atoms. The summed E-state index contributed by atoms with van der Waals surface area (Å²) in [6.45, 7) is 1.46. The predicted molar refractivity (Wildman–Crippen MR) is 87.4 cm³/mol. The van der Waals surface area contributed by atoms with Gasteiger partial charge >= 0.3 is 0 Å². The number of hydrogen-bond acceptors (Lipinski definition) is 7. The second kappa shape index (κ2) is 6.88. The Hall–Kier alpha value is -2.61. The number of rotatable bonds is 4. The first-order valence-corrected chi connectivity index (χ1v) is 7.81. The summed E-state index contributed by atoms with van der Waals surface area (Å²) in [6, 6.07) is 0. The Labute approximate surface area is 140 Å². The molecular formula is C16H20N6O2. The van der Waals surface area contributed by atoms with E-state index in [0.29, 0.717) is 18.5 Å². The van der Waals surface area contributed by atoms with Crippen molar-refractivity contribution in [3.8, 4) is 0 Å². The van der Waals surface area contributed by atoms with Crippen molar-refractivity contribution in [2.75, 3.05) is 31.6 Å². The number of aromatic nitrogens is 4. The van der Waals surface area contributed by atoms with E-state index in [4.69, 9.17) is 0 Å². The number of β-amino-alcohol motifs (C(OH)–C–C–N with tert-alkyl or cyclic N) is 1. The van der Waals surface area contributed by atoms with Gasteiger partial charge in [0.05, 0.1) is 23.9 Å². The Morgan fingerprint density at radius 1 is 1.29 bits per heavy atom. The monoisotopic (exact) mass is 328 g/mol. The predicted octanol–water partition coefficient (Wildman–Crippen LogP) is 0.370. The van der Waals surface area contributed by atoms with E-state index < -0.39 is 5.60 Å². The Kier molecular flexibility index (Phi) is 4.66. The number of likely N-dealkylation sites (N-methyl/N-ethyl adjacent to an activating group) is 1. The fourth-order valence-corrected chi connectivity index (χ4v) is 3.03. The molecule has 0 saturated carbocycles. The van der Waals surface area contributed by atoms with Gasteiger partial charge in [0.25, 0.3) is 5.91 Å². The normalized spacial score (nSPS) is 20.7. The molecule has 1 N–H and O–H groups in total. The zero-order valence-electron chi connectivity index (χ0n) is 13.5. The van der Waals surface area contributed by atoms with Crippen LogP contribution in [0.15, 0.2) is 37.3 Å². The van der Waals surface area contributed by atoms with Crippen LogP contribution in [0.3, 0.4) is 0 Å². The molecule has 0 aromatic carbocycles. The van der Waals surface area contributed by atoms with Gasteiger partial charge in [0.2, 0.25) is 0 Å². The molecule has 126 valence electrons. The maximum Gasteiger partial charge on any atom is 0.256 e. The van der Waals surface area contributed by atoms with Crippen LogP contribution in [0.2, 0.25) is 0 Å². The van der Waals surface area contributed by atoms with Gasteiger partial charge in [0, 0.05) is 44.9 Å². The molecule has 1 amide bonds. The summed E-state index contributed by atoms with van der Waals surface area (Å²) in [6.07, 6.45) is 10.7. The Balaban J connectivity index is 1.68. The summed E-state index contributed by atoms with van der Waals surface area (Å²) in [4.78, 5) is 32.0. The molecule has 3 rings (SSSR count). The van der Waals surface area contributed by atoms with Crippen LogP contribution in [0.1, 0.15) is 23.2 Å². The van der Waals surface area contributed by atoms with E-state index in [1.807, 2.05) is 4.90 Å². The molecule has 8 heteroatoms. The number of hydrogen-bond donors (Lipinski definition) is 1. The van der Waals surface area contributed by atoms with Gasteiger partial charge in [-0.3, -0.25) is 9.78 Å². The summed E-state index contributed by atoms with van der Waals surface area (Å²) >= 11 is 0. The number of carbonyl (C=O) groups is 1. The number of piperidine rings is 1. The van der Waals surface area contributed by atoms with E-state index in [0.717, 1.165) is 18.8 Å². The summed E-state index contributed by atoms with van der Waals surface area (Å²) in [7, 11) is 1.68. The van der Waals surface area contributed by atoms with Crippen LogP contribution in [-0.2, 0) is 0 Å². The van der Waals surface area contributed by atoms with Crippen LogP contribution in [-0.4, -0.2) is 68.1 Å². The molecule has 8 nitrogen and oxygen atoms in total. The van der Waals surface area contributed by atoms with Gasteiger partial charge in [-0.15, -0.1) is 0 Å². The molecule has 0 radical (unpaired) electrons. The highest BCUT2D eigenvalue weighted by Crippen LogP contribution is 2.25. The van der Waals surface area contributed by atoms with Crippen molar-refractivity contribution in [3.63, 3.8) is 0 Å². The molecule has 3 heterocycles. The molecule has 0 aliphatic carbocycles. The largest absolute Gasteiger partial charge is 0.386 e. The first kappa shape index (κ1) is 16.3. The minimum atomic E-state index is -0.990. The van der Waals surface area contributed by atoms with Gasteiger partial charge in [-0.1, -0.05) is 0 Å². The highest BCUT2D eigenvalue weighted by molar-refractivity contribution is 5.93. The van der Waals surface area contributed by atoms with Gasteiger partial charge in [0.1, 0.15) is 12.1 Å². The molecule has 1 aliphatic heterocycles. The zero-order chi connectivity index (χ0) is 17.0. The highest BCUT2D eigenvalue weighted by atomic mass is 16.3. The van der Waals surface area contributed by atoms with E-state index in [2.05, 4.69) is 19.9 Å².